The van der Waals surface area contributed by atoms with Gasteiger partial charge in [-0.25, -0.2) is 4.98 Å². The summed E-state index contributed by atoms with van der Waals surface area (Å²) in [6.07, 6.45) is 3.97. The van der Waals surface area contributed by atoms with Gasteiger partial charge in [0.1, 0.15) is 0 Å². The van der Waals surface area contributed by atoms with E-state index in [0.29, 0.717) is 24.5 Å². The predicted molar refractivity (Wildman–Crippen MR) is 68.4 cm³/mol. The van der Waals surface area contributed by atoms with Crippen LogP contribution in [-0.2, 0) is 0 Å². The zero-order valence-corrected chi connectivity index (χ0v) is 10.9. The van der Waals surface area contributed by atoms with Crippen LogP contribution in [0.25, 0.3) is 0 Å². The predicted octanol–water partition coefficient (Wildman–Crippen LogP) is 2.78. The van der Waals surface area contributed by atoms with Crippen LogP contribution in [0.5, 0.6) is 5.88 Å². The molecule has 0 amide bonds. The number of rotatable bonds is 6. The molecule has 0 aromatic carbocycles. The normalized spacial score (nSPS) is 16.6. The van der Waals surface area contributed by atoms with Gasteiger partial charge in [-0.3, -0.25) is 0 Å². The average Bonchev–Trinajstić information content (AvgIpc) is 3.00. The molecule has 1 aromatic rings. The quantitative estimate of drug-likeness (QED) is 0.823. The van der Waals surface area contributed by atoms with E-state index in [1.807, 2.05) is 19.9 Å². The monoisotopic (exact) mass is 235 g/mol. The third-order valence-electron chi connectivity index (χ3n) is 2.88. The Labute approximate surface area is 103 Å². The lowest BCUT2D eigenvalue weighted by molar-refractivity contribution is 0.326. The third-order valence-corrected chi connectivity index (χ3v) is 2.88. The first-order chi connectivity index (χ1) is 8.17. The van der Waals surface area contributed by atoms with E-state index in [0.717, 1.165) is 11.6 Å². The van der Waals surface area contributed by atoms with Crippen LogP contribution in [0, 0.1) is 12.8 Å². The fraction of sp³-hybridized carbons (Fsp3) is 0.692. The molecule has 2 rings (SSSR count). The summed E-state index contributed by atoms with van der Waals surface area (Å²) in [5.41, 5.74) is 0.935. The zero-order chi connectivity index (χ0) is 12.3. The minimum atomic E-state index is 0.429. The molecular weight excluding hydrogens is 214 g/mol. The summed E-state index contributed by atoms with van der Waals surface area (Å²) in [5.74, 6) is 2.25. The van der Waals surface area contributed by atoms with Crippen molar-refractivity contribution in [2.45, 2.75) is 46.1 Å². The first-order valence-corrected chi connectivity index (χ1v) is 6.42. The second-order valence-electron chi connectivity index (χ2n) is 4.83. The molecule has 1 aliphatic carbocycles. The van der Waals surface area contributed by atoms with Crippen LogP contribution < -0.4 is 10.1 Å². The van der Waals surface area contributed by atoms with Crippen molar-refractivity contribution in [3.8, 4) is 5.88 Å². The molecule has 0 spiro atoms. The first kappa shape index (κ1) is 12.1. The van der Waals surface area contributed by atoms with Gasteiger partial charge in [-0.1, -0.05) is 12.8 Å². The molecule has 94 valence electrons. The number of aryl methyl sites for hydroxylation is 1. The van der Waals surface area contributed by atoms with Gasteiger partial charge in [-0.2, -0.15) is 4.98 Å². The molecule has 1 saturated carbocycles. The van der Waals surface area contributed by atoms with E-state index >= 15 is 0 Å². The molecule has 1 aromatic heterocycles. The van der Waals surface area contributed by atoms with Crippen molar-refractivity contribution >= 4 is 5.95 Å². The van der Waals surface area contributed by atoms with Crippen LogP contribution in [0.4, 0.5) is 5.95 Å². The Kier molecular flexibility index (Phi) is 3.82. The van der Waals surface area contributed by atoms with Gasteiger partial charge >= 0.3 is 0 Å². The highest BCUT2D eigenvalue weighted by Gasteiger charge is 2.23. The van der Waals surface area contributed by atoms with E-state index in [1.165, 1.54) is 19.3 Å². The van der Waals surface area contributed by atoms with Crippen molar-refractivity contribution in [2.24, 2.45) is 5.92 Å². The summed E-state index contributed by atoms with van der Waals surface area (Å²) in [4.78, 5) is 8.73. The lowest BCUT2D eigenvalue weighted by Crippen LogP contribution is -2.18. The van der Waals surface area contributed by atoms with Crippen LogP contribution in [0.1, 0.15) is 38.8 Å². The Bertz CT molecular complexity index is 377. The van der Waals surface area contributed by atoms with Crippen molar-refractivity contribution < 1.29 is 4.74 Å². The van der Waals surface area contributed by atoms with Gasteiger partial charge < -0.3 is 10.1 Å². The summed E-state index contributed by atoms with van der Waals surface area (Å²) in [5, 5.41) is 3.35. The van der Waals surface area contributed by atoms with Crippen molar-refractivity contribution in [2.75, 3.05) is 11.9 Å². The van der Waals surface area contributed by atoms with Gasteiger partial charge in [-0.05, 0) is 33.1 Å². The van der Waals surface area contributed by atoms with Crippen molar-refractivity contribution in [1.29, 1.82) is 0 Å². The molecule has 0 bridgehead atoms. The molecule has 1 atom stereocenters. The Morgan fingerprint density at radius 3 is 2.88 bits per heavy atom. The van der Waals surface area contributed by atoms with Gasteiger partial charge in [-0.15, -0.1) is 0 Å². The highest BCUT2D eigenvalue weighted by molar-refractivity contribution is 5.31. The van der Waals surface area contributed by atoms with E-state index in [1.54, 1.807) is 0 Å². The minimum Gasteiger partial charge on any atom is -0.478 e. The van der Waals surface area contributed by atoms with E-state index < -0.39 is 0 Å². The highest BCUT2D eigenvalue weighted by Crippen LogP contribution is 2.33. The molecule has 17 heavy (non-hydrogen) atoms. The largest absolute Gasteiger partial charge is 0.478 e. The smallest absolute Gasteiger partial charge is 0.226 e. The summed E-state index contributed by atoms with van der Waals surface area (Å²) in [6.45, 7) is 6.74. The maximum absolute atomic E-state index is 5.41. The van der Waals surface area contributed by atoms with Crippen molar-refractivity contribution in [3.63, 3.8) is 0 Å². The maximum atomic E-state index is 5.41. The van der Waals surface area contributed by atoms with Crippen molar-refractivity contribution in [1.82, 2.24) is 9.97 Å². The molecule has 4 heteroatoms. The Morgan fingerprint density at radius 2 is 2.24 bits per heavy atom. The average molecular weight is 235 g/mol. The van der Waals surface area contributed by atoms with E-state index in [2.05, 4.69) is 22.2 Å². The van der Waals surface area contributed by atoms with Crippen LogP contribution in [0.3, 0.4) is 0 Å². The van der Waals surface area contributed by atoms with Gasteiger partial charge in [0, 0.05) is 17.8 Å². The summed E-state index contributed by atoms with van der Waals surface area (Å²) in [7, 11) is 0. The minimum absolute atomic E-state index is 0.429. The SMILES string of the molecule is CCOc1cc(C)nc(NC(C)CC2CC2)n1. The number of anilines is 1. The van der Waals surface area contributed by atoms with E-state index in [9.17, 15) is 0 Å². The summed E-state index contributed by atoms with van der Waals surface area (Å²) >= 11 is 0. The number of hydrogen-bond acceptors (Lipinski definition) is 4. The number of aromatic nitrogens is 2. The number of ether oxygens (including phenoxy) is 1. The Hall–Kier alpha value is -1.32. The third kappa shape index (κ3) is 3.88. The van der Waals surface area contributed by atoms with Crippen LogP contribution in [-0.4, -0.2) is 22.6 Å². The van der Waals surface area contributed by atoms with Gasteiger partial charge in [0.05, 0.1) is 6.61 Å². The Morgan fingerprint density at radius 1 is 1.47 bits per heavy atom. The second-order valence-corrected chi connectivity index (χ2v) is 4.83. The van der Waals surface area contributed by atoms with Gasteiger partial charge in [0.25, 0.3) is 0 Å². The topological polar surface area (TPSA) is 47.0 Å². The standard InChI is InChI=1S/C13H21N3O/c1-4-17-12-8-10(3)15-13(16-12)14-9(2)7-11-5-6-11/h8-9,11H,4-7H2,1-3H3,(H,14,15,16). The van der Waals surface area contributed by atoms with Crippen LogP contribution in [0.2, 0.25) is 0 Å². The van der Waals surface area contributed by atoms with E-state index in [4.69, 9.17) is 4.74 Å². The molecule has 1 unspecified atom stereocenters. The van der Waals surface area contributed by atoms with E-state index in [-0.39, 0.29) is 0 Å². The summed E-state index contributed by atoms with van der Waals surface area (Å²) in [6, 6.07) is 2.29. The fourth-order valence-corrected chi connectivity index (χ4v) is 1.96. The fourth-order valence-electron chi connectivity index (χ4n) is 1.96. The molecular formula is C13H21N3O. The second kappa shape index (κ2) is 5.34. The molecule has 1 fully saturated rings. The lowest BCUT2D eigenvalue weighted by atomic mass is 10.2. The molecule has 0 radical (unpaired) electrons. The molecule has 1 aliphatic rings. The molecule has 0 saturated heterocycles. The molecule has 0 aliphatic heterocycles. The first-order valence-electron chi connectivity index (χ1n) is 6.42. The number of nitrogens with zero attached hydrogens (tertiary/aromatic N) is 2. The van der Waals surface area contributed by atoms with Crippen LogP contribution >= 0.6 is 0 Å². The zero-order valence-electron chi connectivity index (χ0n) is 10.9. The van der Waals surface area contributed by atoms with Gasteiger partial charge in [0.2, 0.25) is 11.8 Å². The lowest BCUT2D eigenvalue weighted by Gasteiger charge is -2.14. The van der Waals surface area contributed by atoms with Crippen LogP contribution in [0.15, 0.2) is 6.07 Å². The number of nitrogens with one attached hydrogen (secondary N) is 1. The molecule has 1 heterocycles. The molecule has 1 N–H and O–H groups in total. The number of hydrogen-bond donors (Lipinski definition) is 1. The van der Waals surface area contributed by atoms with Crippen molar-refractivity contribution in [3.05, 3.63) is 11.8 Å². The molecule has 4 nitrogen and oxygen atoms in total. The summed E-state index contributed by atoms with van der Waals surface area (Å²) < 4.78 is 5.41. The maximum Gasteiger partial charge on any atom is 0.226 e. The highest BCUT2D eigenvalue weighted by atomic mass is 16.5. The Balaban J connectivity index is 1.97. The van der Waals surface area contributed by atoms with Gasteiger partial charge in [0.15, 0.2) is 0 Å².